The van der Waals surface area contributed by atoms with Gasteiger partial charge in [-0.2, -0.15) is 0 Å². The molecule has 19 N–H and O–H groups in total. The average Bonchev–Trinajstić information content (AvgIpc) is 3.34. The molecule has 0 aromatic rings. The highest BCUT2D eigenvalue weighted by atomic mass is 16.8. The largest absolute Gasteiger partial charge is 0.394 e. The number of carbonyl (C=O) groups is 2. The van der Waals surface area contributed by atoms with Gasteiger partial charge in [-0.05, 0) is 6.92 Å². The molecule has 6 fully saturated rings. The summed E-state index contributed by atoms with van der Waals surface area (Å²) in [6, 6.07) is -3.09. The van der Waals surface area contributed by atoms with Gasteiger partial charge in [0, 0.05) is 13.8 Å². The van der Waals surface area contributed by atoms with Gasteiger partial charge in [0.1, 0.15) is 140 Å². The van der Waals surface area contributed by atoms with E-state index in [2.05, 4.69) is 10.6 Å². The summed E-state index contributed by atoms with van der Waals surface area (Å²) in [5.74, 6) is -1.47. The first kappa shape index (κ1) is 59.1. The van der Waals surface area contributed by atoms with Gasteiger partial charge in [0.25, 0.3) is 0 Å². The molecule has 0 unspecified atom stereocenters. The lowest BCUT2D eigenvalue weighted by atomic mass is 9.94. The molecule has 0 aliphatic carbocycles. The Morgan fingerprint density at radius 1 is 0.389 bits per heavy atom. The van der Waals surface area contributed by atoms with E-state index in [4.69, 9.17) is 52.1 Å². The summed E-state index contributed by atoms with van der Waals surface area (Å²) < 4.78 is 62.4. The van der Waals surface area contributed by atoms with E-state index in [1.165, 1.54) is 6.92 Å². The van der Waals surface area contributed by atoms with E-state index in [9.17, 15) is 96.4 Å². The van der Waals surface area contributed by atoms with Crippen LogP contribution in [0.1, 0.15) is 20.8 Å². The Labute approximate surface area is 408 Å². The molecule has 418 valence electrons. The minimum atomic E-state index is -2.22. The highest BCUT2D eigenvalue weighted by Gasteiger charge is 2.57. The molecule has 6 aliphatic rings. The standard InChI is InChI=1S/C40H68N2O30/c1-9-19(49)25(55)28(58)37(63-9)72-34-26(56)21(51)13(5-44)67-40(34)71-33-22(52)14(6-45)66-39(30(33)60)69-31-15(7-46)68-38(29(59)27(31)57)70-32-18(42-11(3)48)35(61)64-16(23(32)53)8-62-36-17(41-10(2)47)24(54)20(50)12(4-43)65-36/h9,12-40,43-46,49-61H,4-8H2,1-3H3,(H,41,47)(H,42,48)/t9-,12+,13+,14+,15+,16+,17+,18+,19+,20+,21-,22-,23-,24+,25+,26-,27+,28-,29+,30+,31-,32+,33-,34+,35-,36+,37-,38-,39+,40+/m0/s1. The van der Waals surface area contributed by atoms with E-state index in [-0.39, 0.29) is 0 Å². The van der Waals surface area contributed by atoms with Crippen molar-refractivity contribution >= 4 is 11.8 Å². The Morgan fingerprint density at radius 2 is 0.819 bits per heavy atom. The van der Waals surface area contributed by atoms with Gasteiger partial charge in [-0.1, -0.05) is 0 Å². The number of rotatable bonds is 17. The normalized spacial score (nSPS) is 50.3. The predicted molar refractivity (Wildman–Crippen MR) is 221 cm³/mol. The molecule has 0 bridgehead atoms. The van der Waals surface area contributed by atoms with Crippen LogP contribution >= 0.6 is 0 Å². The van der Waals surface area contributed by atoms with Crippen molar-refractivity contribution in [3.63, 3.8) is 0 Å². The van der Waals surface area contributed by atoms with Gasteiger partial charge >= 0.3 is 0 Å². The summed E-state index contributed by atoms with van der Waals surface area (Å²) in [7, 11) is 0. The lowest BCUT2D eigenvalue weighted by molar-refractivity contribution is -0.397. The molecule has 0 spiro atoms. The van der Waals surface area contributed by atoms with Crippen LogP contribution in [-0.2, 0) is 61.7 Å². The zero-order chi connectivity index (χ0) is 53.2. The van der Waals surface area contributed by atoms with Gasteiger partial charge < -0.3 is 150 Å². The van der Waals surface area contributed by atoms with Crippen molar-refractivity contribution in [2.24, 2.45) is 0 Å². The number of aliphatic hydroxyl groups excluding tert-OH is 17. The Balaban J connectivity index is 1.17. The number of amides is 2. The van der Waals surface area contributed by atoms with Gasteiger partial charge in [-0.25, -0.2) is 0 Å². The van der Waals surface area contributed by atoms with E-state index in [1.54, 1.807) is 0 Å². The molecule has 0 aromatic carbocycles. The van der Waals surface area contributed by atoms with Gasteiger partial charge in [-0.3, -0.25) is 9.59 Å². The number of carbonyl (C=O) groups excluding carboxylic acids is 2. The molecule has 2 amide bonds. The molecule has 32 heteroatoms. The third kappa shape index (κ3) is 12.6. The van der Waals surface area contributed by atoms with E-state index in [0.717, 1.165) is 13.8 Å². The van der Waals surface area contributed by atoms with Crippen LogP contribution in [0, 0.1) is 0 Å². The van der Waals surface area contributed by atoms with Crippen molar-refractivity contribution in [3.8, 4) is 0 Å². The second-order valence-corrected chi connectivity index (χ2v) is 18.3. The van der Waals surface area contributed by atoms with E-state index >= 15 is 0 Å². The number of nitrogens with one attached hydrogen (secondary N) is 2. The van der Waals surface area contributed by atoms with Crippen LogP contribution in [-0.4, -0.2) is 316 Å². The van der Waals surface area contributed by atoms with Gasteiger partial charge in [0.2, 0.25) is 11.8 Å². The topological polar surface area (TPSA) is 504 Å². The maximum Gasteiger partial charge on any atom is 0.217 e. The molecular weight excluding hydrogens is 988 g/mol. The molecule has 72 heavy (non-hydrogen) atoms. The van der Waals surface area contributed by atoms with Gasteiger partial charge in [0.15, 0.2) is 37.7 Å². The third-order valence-corrected chi connectivity index (χ3v) is 13.2. The lowest BCUT2D eigenvalue weighted by Crippen LogP contribution is -2.69. The minimum absolute atomic E-state index is 0.682. The fourth-order valence-corrected chi connectivity index (χ4v) is 9.14. The van der Waals surface area contributed by atoms with Crippen molar-refractivity contribution in [2.75, 3.05) is 33.0 Å². The summed E-state index contributed by atoms with van der Waals surface area (Å²) in [6.45, 7) is -1.10. The van der Waals surface area contributed by atoms with Crippen LogP contribution in [0.25, 0.3) is 0 Å². The van der Waals surface area contributed by atoms with Gasteiger partial charge in [-0.15, -0.1) is 0 Å². The second-order valence-electron chi connectivity index (χ2n) is 18.3. The predicted octanol–water partition coefficient (Wildman–Crippen LogP) is -12.8. The van der Waals surface area contributed by atoms with E-state index in [0.29, 0.717) is 0 Å². The van der Waals surface area contributed by atoms with E-state index in [1.807, 2.05) is 0 Å². The average molecular weight is 1060 g/mol. The fraction of sp³-hybridized carbons (Fsp3) is 0.950. The maximum absolute atomic E-state index is 12.3. The molecular formula is C40H68N2O30. The molecule has 0 saturated carbocycles. The second kappa shape index (κ2) is 25.3. The highest BCUT2D eigenvalue weighted by molar-refractivity contribution is 5.73. The monoisotopic (exact) mass is 1060 g/mol. The quantitative estimate of drug-likeness (QED) is 0.0643. The van der Waals surface area contributed by atoms with Crippen LogP contribution in [0.2, 0.25) is 0 Å². The van der Waals surface area contributed by atoms with Crippen LogP contribution in [0.5, 0.6) is 0 Å². The van der Waals surface area contributed by atoms with Crippen LogP contribution < -0.4 is 10.6 Å². The minimum Gasteiger partial charge on any atom is -0.394 e. The summed E-state index contributed by atoms with van der Waals surface area (Å²) in [6.07, 6.45) is -51.8. The molecule has 30 atom stereocenters. The fourth-order valence-electron chi connectivity index (χ4n) is 9.14. The molecule has 0 aromatic heterocycles. The molecule has 6 heterocycles. The smallest absolute Gasteiger partial charge is 0.217 e. The Kier molecular flexibility index (Phi) is 20.8. The van der Waals surface area contributed by atoms with Crippen molar-refractivity contribution in [1.29, 1.82) is 0 Å². The van der Waals surface area contributed by atoms with Crippen LogP contribution in [0.3, 0.4) is 0 Å². The molecule has 6 rings (SSSR count). The van der Waals surface area contributed by atoms with Crippen LogP contribution in [0.15, 0.2) is 0 Å². The lowest BCUT2D eigenvalue weighted by Gasteiger charge is -2.50. The summed E-state index contributed by atoms with van der Waals surface area (Å²) in [4.78, 5) is 24.2. The van der Waals surface area contributed by atoms with Crippen molar-refractivity contribution in [1.82, 2.24) is 10.6 Å². The van der Waals surface area contributed by atoms with Gasteiger partial charge in [0.05, 0.1) is 39.1 Å². The SMILES string of the molecule is CC(=O)N[C@@H]1[C@@H](O[C@@H]2O[C@H](CO)[C@H](O[C@H]3O[C@H](CO)[C@H](O)[C@H](O[C@H]4O[C@H](CO)[C@H](O)[C@H](O)[C@H]4O[C@@H]4O[C@@H](C)[C@@H](O)[C@@H](O)[C@@H]4O)[C@H]3O)[C@H](O)[C@H]2O)[C@@H](O)[C@@H](CO[C@@H]2O[C@H](CO)[C@@H](O)[C@H](O)[C@H]2NC(C)=O)O[C@@H]1O. The summed E-state index contributed by atoms with van der Waals surface area (Å²) in [5.41, 5.74) is 0. The maximum atomic E-state index is 12.3. The van der Waals surface area contributed by atoms with E-state index < -0.39 is 229 Å². The Morgan fingerprint density at radius 3 is 1.42 bits per heavy atom. The number of aliphatic hydroxyl groups is 17. The molecule has 0 radical (unpaired) electrons. The third-order valence-electron chi connectivity index (χ3n) is 13.2. The van der Waals surface area contributed by atoms with Crippen molar-refractivity contribution < 1.29 is 149 Å². The highest BCUT2D eigenvalue weighted by Crippen LogP contribution is 2.36. The number of hydrogen-bond donors (Lipinski definition) is 19. The number of ether oxygens (including phenoxy) is 11. The zero-order valence-electron chi connectivity index (χ0n) is 38.8. The summed E-state index contributed by atoms with van der Waals surface area (Å²) >= 11 is 0. The van der Waals surface area contributed by atoms with Crippen molar-refractivity contribution in [2.45, 2.75) is 205 Å². The first-order valence-electron chi connectivity index (χ1n) is 23.0. The Bertz CT molecular complexity index is 1730. The first-order valence-corrected chi connectivity index (χ1v) is 23.0. The Hall–Kier alpha value is -2.18. The summed E-state index contributed by atoms with van der Waals surface area (Å²) in [5, 5.41) is 187. The molecule has 6 saturated heterocycles. The number of hydrogen-bond acceptors (Lipinski definition) is 30. The molecule has 32 nitrogen and oxygen atoms in total. The first-order chi connectivity index (χ1) is 34.0. The van der Waals surface area contributed by atoms with Crippen molar-refractivity contribution in [3.05, 3.63) is 0 Å². The van der Waals surface area contributed by atoms with Crippen LogP contribution in [0.4, 0.5) is 0 Å². The molecule has 6 aliphatic heterocycles. The zero-order valence-corrected chi connectivity index (χ0v) is 38.8.